The van der Waals surface area contributed by atoms with E-state index in [0.29, 0.717) is 44.6 Å². The van der Waals surface area contributed by atoms with Gasteiger partial charge in [0.2, 0.25) is 0 Å². The van der Waals surface area contributed by atoms with Gasteiger partial charge in [0.05, 0.1) is 17.2 Å². The van der Waals surface area contributed by atoms with Crippen LogP contribution < -0.4 is 10.1 Å². The number of nitrogens with one attached hydrogen (secondary N) is 1. The van der Waals surface area contributed by atoms with Gasteiger partial charge in [0.25, 0.3) is 5.24 Å². The lowest BCUT2D eigenvalue weighted by molar-refractivity contribution is 0.265. The summed E-state index contributed by atoms with van der Waals surface area (Å²) in [6, 6.07) is 16.2. The lowest BCUT2D eigenvalue weighted by Gasteiger charge is -2.03. The van der Waals surface area contributed by atoms with Gasteiger partial charge in [-0.15, -0.1) is 0 Å². The highest BCUT2D eigenvalue weighted by Gasteiger charge is 2.24. The molecule has 8 heteroatoms. The fourth-order valence-electron chi connectivity index (χ4n) is 2.84. The van der Waals surface area contributed by atoms with Crippen molar-refractivity contribution < 1.29 is 13.9 Å². The maximum Gasteiger partial charge on any atom is 0.289 e. The van der Waals surface area contributed by atoms with E-state index in [9.17, 15) is 4.79 Å². The van der Waals surface area contributed by atoms with Crippen LogP contribution in [0.3, 0.4) is 0 Å². The predicted molar refractivity (Wildman–Crippen MR) is 123 cm³/mol. The highest BCUT2D eigenvalue weighted by Crippen LogP contribution is 2.32. The standard InChI is InChI=1S/C22H16Cl2N2O3S/c1-2-28-17-5-3-16(4-6-17)25-21-20(30-22(27)26-21)12-18-7-8-19(29-18)13-9-14(23)11-15(24)10-13/h3-12H,2H2,1H3,(H,25,26,27)/b20-12-. The molecule has 3 aromatic rings. The zero-order valence-electron chi connectivity index (χ0n) is 15.8. The first-order valence-electron chi connectivity index (χ1n) is 9.09. The van der Waals surface area contributed by atoms with Crippen molar-refractivity contribution in [1.29, 1.82) is 0 Å². The van der Waals surface area contributed by atoms with Gasteiger partial charge >= 0.3 is 0 Å². The smallest absolute Gasteiger partial charge is 0.289 e. The minimum absolute atomic E-state index is 0.195. The van der Waals surface area contributed by atoms with Gasteiger partial charge in [0, 0.05) is 15.6 Å². The Labute approximate surface area is 187 Å². The van der Waals surface area contributed by atoms with Crippen molar-refractivity contribution in [3.63, 3.8) is 0 Å². The molecule has 0 radical (unpaired) electrons. The van der Waals surface area contributed by atoms with E-state index in [1.807, 2.05) is 43.3 Å². The van der Waals surface area contributed by atoms with Crippen LogP contribution in [0.4, 0.5) is 10.5 Å². The van der Waals surface area contributed by atoms with Crippen molar-refractivity contribution >= 4 is 57.8 Å². The number of amides is 1. The minimum atomic E-state index is -0.195. The number of carbonyl (C=O) groups excluding carboxylic acids is 1. The van der Waals surface area contributed by atoms with Crippen LogP contribution in [0.1, 0.15) is 12.7 Å². The van der Waals surface area contributed by atoms with E-state index in [4.69, 9.17) is 32.4 Å². The molecule has 2 aromatic carbocycles. The van der Waals surface area contributed by atoms with Crippen molar-refractivity contribution in [2.75, 3.05) is 6.61 Å². The number of hydrogen-bond donors (Lipinski definition) is 1. The van der Waals surface area contributed by atoms with Crippen LogP contribution in [0.2, 0.25) is 10.0 Å². The monoisotopic (exact) mass is 458 g/mol. The third-order valence-electron chi connectivity index (χ3n) is 4.09. The summed E-state index contributed by atoms with van der Waals surface area (Å²) in [6.07, 6.45) is 1.77. The molecule has 0 aliphatic carbocycles. The first-order valence-corrected chi connectivity index (χ1v) is 10.7. The van der Waals surface area contributed by atoms with E-state index < -0.39 is 0 Å². The molecule has 1 N–H and O–H groups in total. The van der Waals surface area contributed by atoms with E-state index in [1.165, 1.54) is 0 Å². The lowest BCUT2D eigenvalue weighted by Crippen LogP contribution is -2.18. The highest BCUT2D eigenvalue weighted by atomic mass is 35.5. The Morgan fingerprint density at radius 2 is 1.83 bits per heavy atom. The Balaban J connectivity index is 1.60. The number of carbonyl (C=O) groups is 1. The van der Waals surface area contributed by atoms with E-state index >= 15 is 0 Å². The number of furan rings is 1. The maximum atomic E-state index is 11.9. The molecule has 0 saturated carbocycles. The quantitative estimate of drug-likeness (QED) is 0.439. The van der Waals surface area contributed by atoms with Gasteiger partial charge in [-0.05, 0) is 79.4 Å². The first-order chi connectivity index (χ1) is 14.5. The third kappa shape index (κ3) is 4.90. The van der Waals surface area contributed by atoms with Crippen LogP contribution in [0.5, 0.6) is 5.75 Å². The zero-order chi connectivity index (χ0) is 21.1. The molecule has 4 rings (SSSR count). The molecule has 1 aliphatic heterocycles. The number of aliphatic imine (C=N–C) groups is 1. The molecule has 0 atom stereocenters. The Kier molecular flexibility index (Phi) is 6.18. The minimum Gasteiger partial charge on any atom is -0.494 e. The summed E-state index contributed by atoms with van der Waals surface area (Å²) in [5, 5.41) is 3.62. The predicted octanol–water partition coefficient (Wildman–Crippen LogP) is 7.18. The summed E-state index contributed by atoms with van der Waals surface area (Å²) in [5.41, 5.74) is 1.48. The molecule has 0 spiro atoms. The molecule has 5 nitrogen and oxygen atoms in total. The Bertz CT molecular complexity index is 1130. The first kappa shape index (κ1) is 20.6. The van der Waals surface area contributed by atoms with Gasteiger partial charge < -0.3 is 14.5 Å². The summed E-state index contributed by atoms with van der Waals surface area (Å²) in [4.78, 5) is 17.1. The number of benzene rings is 2. The van der Waals surface area contributed by atoms with E-state index in [1.54, 1.807) is 24.3 Å². The molecular formula is C22H16Cl2N2O3S. The summed E-state index contributed by atoms with van der Waals surface area (Å²) in [5.74, 6) is 2.45. The van der Waals surface area contributed by atoms with E-state index in [-0.39, 0.29) is 5.24 Å². The SMILES string of the molecule is CCOc1ccc(N=C2NC(=O)S/C2=C\c2ccc(-c3cc(Cl)cc(Cl)c3)o2)cc1. The number of ether oxygens (including phenoxy) is 1. The fraction of sp³-hybridized carbons (Fsp3) is 0.0909. The van der Waals surface area contributed by atoms with Gasteiger partial charge in [-0.3, -0.25) is 4.79 Å². The normalized spacial score (nSPS) is 16.3. The lowest BCUT2D eigenvalue weighted by atomic mass is 10.2. The zero-order valence-corrected chi connectivity index (χ0v) is 18.1. The van der Waals surface area contributed by atoms with Gasteiger partial charge in [-0.2, -0.15) is 0 Å². The largest absolute Gasteiger partial charge is 0.494 e. The average molecular weight is 459 g/mol. The van der Waals surface area contributed by atoms with Crippen LogP contribution in [-0.4, -0.2) is 17.7 Å². The number of thioether (sulfide) groups is 1. The maximum absolute atomic E-state index is 11.9. The summed E-state index contributed by atoms with van der Waals surface area (Å²) in [7, 11) is 0. The molecule has 1 aliphatic rings. The Morgan fingerprint density at radius 1 is 1.10 bits per heavy atom. The van der Waals surface area contributed by atoms with Crippen molar-refractivity contribution in [3.8, 4) is 17.1 Å². The second-order valence-electron chi connectivity index (χ2n) is 6.27. The number of rotatable bonds is 5. The van der Waals surface area contributed by atoms with Gasteiger partial charge in [0.15, 0.2) is 0 Å². The van der Waals surface area contributed by atoms with Crippen molar-refractivity contribution in [2.45, 2.75) is 6.92 Å². The molecule has 0 bridgehead atoms. The Hall–Kier alpha value is -2.67. The number of halogens is 2. The second kappa shape index (κ2) is 9.00. The van der Waals surface area contributed by atoms with Crippen LogP contribution in [0.25, 0.3) is 17.4 Å². The number of nitrogens with zero attached hydrogens (tertiary/aromatic N) is 1. The average Bonchev–Trinajstić information content (AvgIpc) is 3.30. The molecule has 0 unspecified atom stereocenters. The molecule has 1 fully saturated rings. The van der Waals surface area contributed by atoms with Crippen molar-refractivity contribution in [3.05, 3.63) is 75.3 Å². The highest BCUT2D eigenvalue weighted by molar-refractivity contribution is 8.18. The number of hydrogen-bond acceptors (Lipinski definition) is 5. The van der Waals surface area contributed by atoms with E-state index in [2.05, 4.69) is 10.3 Å². The van der Waals surface area contributed by atoms with Crippen LogP contribution in [-0.2, 0) is 0 Å². The fourth-order valence-corrected chi connectivity index (χ4v) is 4.08. The van der Waals surface area contributed by atoms with Crippen LogP contribution in [0, 0.1) is 0 Å². The second-order valence-corrected chi connectivity index (χ2v) is 8.16. The van der Waals surface area contributed by atoms with Crippen molar-refractivity contribution in [2.24, 2.45) is 4.99 Å². The topological polar surface area (TPSA) is 63.8 Å². The molecule has 1 aromatic heterocycles. The molecule has 1 saturated heterocycles. The molecule has 30 heavy (non-hydrogen) atoms. The summed E-state index contributed by atoms with van der Waals surface area (Å²) < 4.78 is 11.3. The summed E-state index contributed by atoms with van der Waals surface area (Å²) in [6.45, 7) is 2.53. The van der Waals surface area contributed by atoms with Crippen LogP contribution >= 0.6 is 35.0 Å². The van der Waals surface area contributed by atoms with Crippen molar-refractivity contribution in [1.82, 2.24) is 5.32 Å². The molecular weight excluding hydrogens is 443 g/mol. The Morgan fingerprint density at radius 3 is 2.53 bits per heavy atom. The van der Waals surface area contributed by atoms with Gasteiger partial charge in [0.1, 0.15) is 23.1 Å². The molecule has 2 heterocycles. The van der Waals surface area contributed by atoms with E-state index in [0.717, 1.165) is 23.1 Å². The summed E-state index contributed by atoms with van der Waals surface area (Å²) >= 11 is 13.2. The van der Waals surface area contributed by atoms with Gasteiger partial charge in [-0.25, -0.2) is 4.99 Å². The number of amidine groups is 1. The van der Waals surface area contributed by atoms with Crippen LogP contribution in [0.15, 0.2) is 68.9 Å². The molecule has 1 amide bonds. The third-order valence-corrected chi connectivity index (χ3v) is 5.35. The molecule has 152 valence electrons. The van der Waals surface area contributed by atoms with Gasteiger partial charge in [-0.1, -0.05) is 23.2 Å².